The fourth-order valence-electron chi connectivity index (χ4n) is 2.63. The second-order valence-electron chi connectivity index (χ2n) is 4.82. The Morgan fingerprint density at radius 3 is 2.57 bits per heavy atom. The topological polar surface area (TPSA) is 88.5 Å². The highest BCUT2D eigenvalue weighted by molar-refractivity contribution is 6.34. The van der Waals surface area contributed by atoms with Crippen LogP contribution in [0, 0.1) is 0 Å². The third-order valence-electron chi connectivity index (χ3n) is 3.57. The molecule has 0 bridgehead atoms. The van der Waals surface area contributed by atoms with Gasteiger partial charge in [0.15, 0.2) is 0 Å². The Hall–Kier alpha value is -2.40. The average molecular weight is 305 g/mol. The van der Waals surface area contributed by atoms with Crippen LogP contribution in [0.4, 0.5) is 5.69 Å². The van der Waals surface area contributed by atoms with Gasteiger partial charge in [-0.15, -0.1) is 0 Å². The molecule has 0 unspecified atom stereocenters. The van der Waals surface area contributed by atoms with Crippen LogP contribution in [0.5, 0.6) is 11.5 Å². The lowest BCUT2D eigenvalue weighted by atomic mass is 10.1. The number of aryl methyl sites for hydroxylation is 1. The first-order valence-corrected chi connectivity index (χ1v) is 6.79. The maximum atomic E-state index is 12.6. The van der Waals surface area contributed by atoms with E-state index in [1.165, 1.54) is 12.1 Å². The molecule has 21 heavy (non-hydrogen) atoms. The van der Waals surface area contributed by atoms with Crippen molar-refractivity contribution in [3.63, 3.8) is 0 Å². The Labute approximate surface area is 124 Å². The van der Waals surface area contributed by atoms with Crippen LogP contribution in [-0.2, 0) is 6.54 Å². The Bertz CT molecular complexity index is 947. The highest BCUT2D eigenvalue weighted by Gasteiger charge is 2.15. The van der Waals surface area contributed by atoms with Crippen molar-refractivity contribution in [3.05, 3.63) is 39.5 Å². The molecule has 2 aromatic carbocycles. The highest BCUT2D eigenvalue weighted by atomic mass is 35.5. The van der Waals surface area contributed by atoms with Crippen molar-refractivity contribution >= 4 is 39.1 Å². The molecular formula is C15H13ClN2O3. The van der Waals surface area contributed by atoms with Gasteiger partial charge in [-0.2, -0.15) is 0 Å². The number of pyridine rings is 1. The predicted octanol–water partition coefficient (Wildman–Crippen LogP) is 2.82. The minimum absolute atomic E-state index is 0.109. The lowest BCUT2D eigenvalue weighted by molar-refractivity contribution is 0.454. The summed E-state index contributed by atoms with van der Waals surface area (Å²) in [5, 5.41) is 20.6. The molecule has 3 aromatic rings. The largest absolute Gasteiger partial charge is 0.508 e. The number of anilines is 1. The Balaban J connectivity index is 2.69. The minimum Gasteiger partial charge on any atom is -0.508 e. The van der Waals surface area contributed by atoms with Crippen LogP contribution in [-0.4, -0.2) is 14.8 Å². The Kier molecular flexibility index (Phi) is 2.95. The van der Waals surface area contributed by atoms with E-state index in [1.54, 1.807) is 10.6 Å². The molecule has 0 saturated carbocycles. The number of phenols is 2. The third kappa shape index (κ3) is 1.89. The number of hydrogen-bond acceptors (Lipinski definition) is 4. The zero-order chi connectivity index (χ0) is 15.3. The van der Waals surface area contributed by atoms with Crippen molar-refractivity contribution in [2.45, 2.75) is 13.5 Å². The fraction of sp³-hybridized carbons (Fsp3) is 0.133. The molecule has 0 aliphatic rings. The number of aromatic nitrogens is 1. The van der Waals surface area contributed by atoms with Crippen molar-refractivity contribution in [2.24, 2.45) is 0 Å². The molecule has 3 rings (SSSR count). The number of halogens is 1. The van der Waals surface area contributed by atoms with Gasteiger partial charge >= 0.3 is 0 Å². The average Bonchev–Trinajstić information content (AvgIpc) is 2.41. The van der Waals surface area contributed by atoms with E-state index in [0.29, 0.717) is 33.7 Å². The molecule has 0 atom stereocenters. The van der Waals surface area contributed by atoms with E-state index < -0.39 is 0 Å². The lowest BCUT2D eigenvalue weighted by Crippen LogP contribution is -2.11. The summed E-state index contributed by atoms with van der Waals surface area (Å²) in [5.41, 5.74) is 6.80. The smallest absolute Gasteiger partial charge is 0.201 e. The quantitative estimate of drug-likeness (QED) is 0.476. The molecule has 0 aliphatic heterocycles. The van der Waals surface area contributed by atoms with E-state index in [-0.39, 0.29) is 22.3 Å². The highest BCUT2D eigenvalue weighted by Crippen LogP contribution is 2.32. The van der Waals surface area contributed by atoms with E-state index in [0.717, 1.165) is 6.07 Å². The SMILES string of the molecule is CCn1c2cc(Cl)c(N)cc2c(=O)c2c(O)cc(O)cc21. The monoisotopic (exact) mass is 304 g/mol. The molecule has 0 radical (unpaired) electrons. The zero-order valence-electron chi connectivity index (χ0n) is 11.2. The van der Waals surface area contributed by atoms with E-state index in [9.17, 15) is 15.0 Å². The van der Waals surface area contributed by atoms with Gasteiger partial charge in [0.25, 0.3) is 0 Å². The van der Waals surface area contributed by atoms with Gasteiger partial charge in [0.2, 0.25) is 5.43 Å². The zero-order valence-corrected chi connectivity index (χ0v) is 12.0. The predicted molar refractivity (Wildman–Crippen MR) is 84.1 cm³/mol. The van der Waals surface area contributed by atoms with Gasteiger partial charge in [0.05, 0.1) is 27.1 Å². The van der Waals surface area contributed by atoms with E-state index in [1.807, 2.05) is 6.92 Å². The number of fused-ring (bicyclic) bond motifs is 2. The first-order valence-electron chi connectivity index (χ1n) is 6.41. The standard InChI is InChI=1S/C15H13ClN2O3/c1-2-18-11-6-9(16)10(17)5-8(11)15(21)14-12(18)3-7(19)4-13(14)20/h3-6,19-20H,2,17H2,1H3. The molecule has 1 heterocycles. The summed E-state index contributed by atoms with van der Waals surface area (Å²) in [6, 6.07) is 5.73. The Morgan fingerprint density at radius 1 is 1.19 bits per heavy atom. The number of nitrogens with zero attached hydrogens (tertiary/aromatic N) is 1. The van der Waals surface area contributed by atoms with Crippen LogP contribution >= 0.6 is 11.6 Å². The van der Waals surface area contributed by atoms with E-state index >= 15 is 0 Å². The number of benzene rings is 2. The Morgan fingerprint density at radius 2 is 1.90 bits per heavy atom. The van der Waals surface area contributed by atoms with Gasteiger partial charge in [-0.1, -0.05) is 11.6 Å². The molecular weight excluding hydrogens is 292 g/mol. The number of phenolic OH excluding ortho intramolecular Hbond substituents is 2. The van der Waals surface area contributed by atoms with Crippen LogP contribution in [0.1, 0.15) is 6.92 Å². The second-order valence-corrected chi connectivity index (χ2v) is 5.23. The number of aromatic hydroxyl groups is 2. The summed E-state index contributed by atoms with van der Waals surface area (Å²) in [4.78, 5) is 12.6. The lowest BCUT2D eigenvalue weighted by Gasteiger charge is -2.15. The van der Waals surface area contributed by atoms with Crippen molar-refractivity contribution in [3.8, 4) is 11.5 Å². The molecule has 0 amide bonds. The maximum Gasteiger partial charge on any atom is 0.201 e. The molecule has 0 spiro atoms. The van der Waals surface area contributed by atoms with Crippen LogP contribution in [0.3, 0.4) is 0 Å². The number of rotatable bonds is 1. The van der Waals surface area contributed by atoms with Crippen LogP contribution < -0.4 is 11.2 Å². The van der Waals surface area contributed by atoms with Gasteiger partial charge in [-0.25, -0.2) is 0 Å². The molecule has 1 aromatic heterocycles. The molecule has 0 saturated heterocycles. The van der Waals surface area contributed by atoms with Gasteiger partial charge in [0, 0.05) is 24.1 Å². The van der Waals surface area contributed by atoms with E-state index in [2.05, 4.69) is 0 Å². The van der Waals surface area contributed by atoms with Crippen molar-refractivity contribution in [1.82, 2.24) is 4.57 Å². The number of hydrogen-bond donors (Lipinski definition) is 3. The first-order chi connectivity index (χ1) is 9.93. The number of nitrogens with two attached hydrogens (primary N) is 1. The van der Waals surface area contributed by atoms with Gasteiger partial charge in [-0.05, 0) is 19.1 Å². The summed E-state index contributed by atoms with van der Waals surface area (Å²) in [7, 11) is 0. The maximum absolute atomic E-state index is 12.6. The summed E-state index contributed by atoms with van der Waals surface area (Å²) in [5.74, 6) is -0.366. The summed E-state index contributed by atoms with van der Waals surface area (Å²) in [6.45, 7) is 2.44. The van der Waals surface area contributed by atoms with Crippen molar-refractivity contribution < 1.29 is 10.2 Å². The van der Waals surface area contributed by atoms with Crippen molar-refractivity contribution in [1.29, 1.82) is 0 Å². The first kappa shape index (κ1) is 13.6. The normalized spacial score (nSPS) is 11.3. The van der Waals surface area contributed by atoms with Crippen molar-refractivity contribution in [2.75, 3.05) is 5.73 Å². The third-order valence-corrected chi connectivity index (χ3v) is 3.89. The van der Waals surface area contributed by atoms with Crippen LogP contribution in [0.15, 0.2) is 29.1 Å². The molecule has 108 valence electrons. The van der Waals surface area contributed by atoms with E-state index in [4.69, 9.17) is 17.3 Å². The van der Waals surface area contributed by atoms with Gasteiger partial charge < -0.3 is 20.5 Å². The fourth-order valence-corrected chi connectivity index (χ4v) is 2.79. The van der Waals surface area contributed by atoms with Crippen LogP contribution in [0.25, 0.3) is 21.8 Å². The van der Waals surface area contributed by atoms with Gasteiger partial charge in [-0.3, -0.25) is 4.79 Å². The molecule has 6 heteroatoms. The molecule has 5 nitrogen and oxygen atoms in total. The molecule has 0 fully saturated rings. The van der Waals surface area contributed by atoms with Gasteiger partial charge in [0.1, 0.15) is 11.5 Å². The molecule has 0 aliphatic carbocycles. The summed E-state index contributed by atoms with van der Waals surface area (Å²) < 4.78 is 1.80. The minimum atomic E-state index is -0.342. The number of nitrogen functional groups attached to an aromatic ring is 1. The van der Waals surface area contributed by atoms with Crippen LogP contribution in [0.2, 0.25) is 5.02 Å². The summed E-state index contributed by atoms with van der Waals surface area (Å²) in [6.07, 6.45) is 0. The molecule has 4 N–H and O–H groups in total. The summed E-state index contributed by atoms with van der Waals surface area (Å²) >= 11 is 6.04. The second kappa shape index (κ2) is 4.56.